The quantitative estimate of drug-likeness (QED) is 0.126. The maximum Gasteiger partial charge on any atom is 0.382 e. The summed E-state index contributed by atoms with van der Waals surface area (Å²) in [5.74, 6) is -4.01. The second-order valence-corrected chi connectivity index (χ2v) is 11.0. The van der Waals surface area contributed by atoms with Crippen molar-refractivity contribution in [3.63, 3.8) is 0 Å². The molecular formula is C15H12Cl6N6O6. The van der Waals surface area contributed by atoms with Crippen LogP contribution in [0.4, 0.5) is 11.6 Å². The molecule has 2 aromatic rings. The number of ketones is 2. The zero-order valence-electron chi connectivity index (χ0n) is 16.1. The Morgan fingerprint density at radius 2 is 1.09 bits per heavy atom. The number of hydrogen-bond donors (Lipinski definition) is 0. The highest BCUT2D eigenvalue weighted by atomic mass is 35.6. The average molecular weight is 585 g/mol. The van der Waals surface area contributed by atoms with E-state index in [1.807, 2.05) is 0 Å². The van der Waals surface area contributed by atoms with Gasteiger partial charge in [-0.25, -0.2) is 0 Å². The highest BCUT2D eigenvalue weighted by Crippen LogP contribution is 2.32. The first-order valence-electron chi connectivity index (χ1n) is 8.79. The molecule has 12 nitrogen and oxygen atoms in total. The van der Waals surface area contributed by atoms with E-state index in [9.17, 15) is 29.8 Å². The number of halogens is 6. The number of rotatable bonds is 10. The minimum absolute atomic E-state index is 0.118. The molecule has 2 aromatic heterocycles. The molecule has 2 heterocycles. The van der Waals surface area contributed by atoms with Crippen LogP contribution < -0.4 is 0 Å². The predicted molar refractivity (Wildman–Crippen MR) is 121 cm³/mol. The van der Waals surface area contributed by atoms with Gasteiger partial charge in [0.15, 0.2) is 0 Å². The molecule has 0 aliphatic rings. The Kier molecular flexibility index (Phi) is 8.93. The highest BCUT2D eigenvalue weighted by Gasteiger charge is 2.40. The third kappa shape index (κ3) is 7.14. The number of alkyl halides is 6. The molecule has 0 aromatic carbocycles. The van der Waals surface area contributed by atoms with Crippen molar-refractivity contribution >= 4 is 92.8 Å². The minimum Gasteiger partial charge on any atom is -0.358 e. The molecule has 0 radical (unpaired) electrons. The standard InChI is InChI=1S/C15H12Cl6N6O6/c16-14(17,18)10(28)12-22-8(26(30)31)6-24(12)4-2-1-3-5-25-7-9(27(32)33)23-13(25)11(29)15(19,20)21/h6-7H,1-5H2. The van der Waals surface area contributed by atoms with Gasteiger partial charge in [0.1, 0.15) is 12.4 Å². The fourth-order valence-corrected chi connectivity index (χ4v) is 3.19. The number of aromatic nitrogens is 4. The summed E-state index contributed by atoms with van der Waals surface area (Å²) < 4.78 is -2.30. The molecule has 2 rings (SSSR count). The van der Waals surface area contributed by atoms with Crippen molar-refractivity contribution in [2.75, 3.05) is 0 Å². The minimum atomic E-state index is -2.35. The summed E-state index contributed by atoms with van der Waals surface area (Å²) in [6.07, 6.45) is 3.32. The van der Waals surface area contributed by atoms with Crippen molar-refractivity contribution in [1.29, 1.82) is 0 Å². The van der Waals surface area contributed by atoms with Crippen LogP contribution in [0.5, 0.6) is 0 Å². The van der Waals surface area contributed by atoms with E-state index < -0.39 is 40.6 Å². The summed E-state index contributed by atoms with van der Waals surface area (Å²) >= 11 is 33.4. The SMILES string of the molecule is O=C(c1nc([N+](=O)[O-])cn1CCCCCn1cc([N+](=O)[O-])nc1C(=O)C(Cl)(Cl)Cl)C(Cl)(Cl)Cl. The van der Waals surface area contributed by atoms with E-state index in [4.69, 9.17) is 69.6 Å². The van der Waals surface area contributed by atoms with Gasteiger partial charge in [-0.3, -0.25) is 9.59 Å². The fourth-order valence-electron chi connectivity index (χ4n) is 2.68. The molecule has 0 aliphatic carbocycles. The van der Waals surface area contributed by atoms with Gasteiger partial charge in [0.05, 0.1) is 0 Å². The first-order chi connectivity index (χ1) is 15.1. The van der Waals surface area contributed by atoms with Crippen LogP contribution in [0.15, 0.2) is 12.4 Å². The van der Waals surface area contributed by atoms with Crippen molar-refractivity contribution in [2.45, 2.75) is 39.9 Å². The molecule has 0 saturated carbocycles. The van der Waals surface area contributed by atoms with Crippen molar-refractivity contribution in [1.82, 2.24) is 19.1 Å². The number of nitro groups is 2. The van der Waals surface area contributed by atoms with Gasteiger partial charge in [-0.15, -0.1) is 0 Å². The largest absolute Gasteiger partial charge is 0.382 e. The van der Waals surface area contributed by atoms with E-state index in [0.717, 1.165) is 12.4 Å². The van der Waals surface area contributed by atoms with Gasteiger partial charge >= 0.3 is 11.6 Å². The van der Waals surface area contributed by atoms with Gasteiger partial charge < -0.3 is 29.4 Å². The summed E-state index contributed by atoms with van der Waals surface area (Å²) in [5.41, 5.74) is 0. The van der Waals surface area contributed by atoms with Gasteiger partial charge in [-0.2, -0.15) is 0 Å². The maximum absolute atomic E-state index is 12.2. The Bertz CT molecular complexity index is 1000. The van der Waals surface area contributed by atoms with E-state index >= 15 is 0 Å². The van der Waals surface area contributed by atoms with Crippen molar-refractivity contribution in [3.8, 4) is 0 Å². The van der Waals surface area contributed by atoms with Crippen LogP contribution >= 0.6 is 69.6 Å². The monoisotopic (exact) mass is 582 g/mol. The van der Waals surface area contributed by atoms with Crippen LogP contribution in [-0.4, -0.2) is 48.1 Å². The topological polar surface area (TPSA) is 156 Å². The number of carbonyl (C=O) groups excluding carboxylic acids is 2. The molecule has 0 fully saturated rings. The lowest BCUT2D eigenvalue weighted by Gasteiger charge is -2.09. The third-order valence-electron chi connectivity index (χ3n) is 4.12. The number of unbranched alkanes of at least 4 members (excludes halogenated alkanes) is 2. The number of carbonyl (C=O) groups is 2. The van der Waals surface area contributed by atoms with Crippen molar-refractivity contribution in [2.24, 2.45) is 0 Å². The molecule has 0 N–H and O–H groups in total. The van der Waals surface area contributed by atoms with Crippen molar-refractivity contribution in [3.05, 3.63) is 44.3 Å². The second-order valence-electron chi connectivity index (χ2n) is 6.46. The lowest BCUT2D eigenvalue weighted by molar-refractivity contribution is -0.389. The lowest BCUT2D eigenvalue weighted by atomic mass is 10.2. The van der Waals surface area contributed by atoms with Crippen LogP contribution in [0, 0.1) is 20.2 Å². The van der Waals surface area contributed by atoms with E-state index in [1.54, 1.807) is 0 Å². The molecule has 0 amide bonds. The Morgan fingerprint density at radius 3 is 1.36 bits per heavy atom. The Morgan fingerprint density at radius 1 is 0.758 bits per heavy atom. The molecule has 0 spiro atoms. The summed E-state index contributed by atoms with van der Waals surface area (Å²) in [5, 5.41) is 22.0. The summed E-state index contributed by atoms with van der Waals surface area (Å²) in [4.78, 5) is 52.0. The summed E-state index contributed by atoms with van der Waals surface area (Å²) in [6.45, 7) is 0.235. The number of hydrogen-bond acceptors (Lipinski definition) is 8. The normalized spacial score (nSPS) is 12.1. The molecule has 0 unspecified atom stereocenters. The molecule has 180 valence electrons. The molecule has 18 heteroatoms. The summed E-state index contributed by atoms with van der Waals surface area (Å²) in [7, 11) is 0. The molecule has 0 bridgehead atoms. The van der Waals surface area contributed by atoms with Gasteiger partial charge in [0.25, 0.3) is 30.8 Å². The van der Waals surface area contributed by atoms with Crippen LogP contribution in [0.2, 0.25) is 0 Å². The predicted octanol–water partition coefficient (Wildman–Crippen LogP) is 4.87. The molecule has 33 heavy (non-hydrogen) atoms. The van der Waals surface area contributed by atoms with Gasteiger partial charge in [0.2, 0.25) is 0 Å². The molecule has 0 atom stereocenters. The maximum atomic E-state index is 12.2. The molecule has 0 saturated heterocycles. The lowest BCUT2D eigenvalue weighted by Crippen LogP contribution is -2.23. The fraction of sp³-hybridized carbons (Fsp3) is 0.467. The Balaban J connectivity index is 2.07. The Labute approximate surface area is 214 Å². The Hall–Kier alpha value is -1.70. The smallest absolute Gasteiger partial charge is 0.358 e. The van der Waals surface area contributed by atoms with Crippen LogP contribution in [0.25, 0.3) is 0 Å². The number of aryl methyl sites for hydroxylation is 2. The first-order valence-corrected chi connectivity index (χ1v) is 11.1. The van der Waals surface area contributed by atoms with Gasteiger partial charge in [-0.1, -0.05) is 69.6 Å². The molecular weight excluding hydrogens is 573 g/mol. The van der Waals surface area contributed by atoms with Crippen LogP contribution in [-0.2, 0) is 13.1 Å². The van der Waals surface area contributed by atoms with E-state index in [2.05, 4.69) is 9.97 Å². The van der Waals surface area contributed by atoms with Gasteiger partial charge in [-0.05, 0) is 39.1 Å². The second kappa shape index (κ2) is 10.7. The van der Waals surface area contributed by atoms with Crippen LogP contribution in [0.3, 0.4) is 0 Å². The zero-order valence-corrected chi connectivity index (χ0v) is 20.6. The third-order valence-corrected chi connectivity index (χ3v) is 5.15. The number of imidazole rings is 2. The number of nitrogens with zero attached hydrogens (tertiary/aromatic N) is 6. The first kappa shape index (κ1) is 27.5. The average Bonchev–Trinajstić information content (AvgIpc) is 3.29. The van der Waals surface area contributed by atoms with Gasteiger partial charge in [0, 0.05) is 13.1 Å². The van der Waals surface area contributed by atoms with E-state index in [1.165, 1.54) is 9.13 Å². The van der Waals surface area contributed by atoms with Crippen LogP contribution in [0.1, 0.15) is 40.5 Å². The zero-order chi connectivity index (χ0) is 25.1. The summed E-state index contributed by atoms with van der Waals surface area (Å²) in [6, 6.07) is 0. The van der Waals surface area contributed by atoms with Crippen molar-refractivity contribution < 1.29 is 19.4 Å². The van der Waals surface area contributed by atoms with E-state index in [-0.39, 0.29) is 24.7 Å². The highest BCUT2D eigenvalue weighted by molar-refractivity contribution is 6.77. The van der Waals surface area contributed by atoms with E-state index in [0.29, 0.717) is 19.3 Å². The molecule has 0 aliphatic heterocycles. The number of Topliss-reactive ketones (excluding diaryl/α,β-unsaturated/α-hetero) is 2.